The molecule has 1 aromatic heterocycles. The minimum atomic E-state index is -3.73. The van der Waals surface area contributed by atoms with Gasteiger partial charge in [-0.1, -0.05) is 11.3 Å². The molecule has 1 amide bonds. The molecular formula is C20H26N4O6S2. The number of sulfonamides is 1. The van der Waals surface area contributed by atoms with Gasteiger partial charge in [0.1, 0.15) is 6.54 Å². The van der Waals surface area contributed by atoms with Crippen molar-refractivity contribution in [2.24, 2.45) is 0 Å². The van der Waals surface area contributed by atoms with E-state index in [9.17, 15) is 18.0 Å². The molecule has 1 aromatic carbocycles. The van der Waals surface area contributed by atoms with Crippen LogP contribution in [0.15, 0.2) is 33.3 Å². The molecule has 2 aromatic rings. The first-order chi connectivity index (χ1) is 15.4. The fraction of sp³-hybridized carbons (Fsp3) is 0.500. The Balaban J connectivity index is 1.64. The highest BCUT2D eigenvalue weighted by atomic mass is 32.2. The maximum absolute atomic E-state index is 13.1. The summed E-state index contributed by atoms with van der Waals surface area (Å²) in [5.41, 5.74) is 1.82. The van der Waals surface area contributed by atoms with Gasteiger partial charge in [-0.3, -0.25) is 14.2 Å². The quantitative estimate of drug-likeness (QED) is 0.646. The molecule has 2 fully saturated rings. The fourth-order valence-electron chi connectivity index (χ4n) is 3.72. The molecule has 0 unspecified atom stereocenters. The third-order valence-corrected chi connectivity index (χ3v) is 8.26. The standard InChI is InChI=1S/C20H26N4O6S2/c1-15-14-31-20(26)24(15)13-19(25)21-17-12-16(32(27,28)23-6-10-30-11-7-23)2-3-18(17)22-4-8-29-9-5-22/h2-3,12,14H,4-11,13H2,1H3,(H,21,25). The van der Waals surface area contributed by atoms with Crippen LogP contribution in [0, 0.1) is 6.92 Å². The number of amides is 1. The van der Waals surface area contributed by atoms with Crippen LogP contribution < -0.4 is 15.1 Å². The Kier molecular flexibility index (Phi) is 6.96. The van der Waals surface area contributed by atoms with Crippen LogP contribution >= 0.6 is 11.3 Å². The number of aromatic nitrogens is 1. The summed E-state index contributed by atoms with van der Waals surface area (Å²) >= 11 is 1.04. The number of carbonyl (C=O) groups is 1. The highest BCUT2D eigenvalue weighted by Gasteiger charge is 2.28. The summed E-state index contributed by atoms with van der Waals surface area (Å²) < 4.78 is 39.7. The van der Waals surface area contributed by atoms with E-state index in [-0.39, 0.29) is 29.4 Å². The van der Waals surface area contributed by atoms with Gasteiger partial charge in [0.05, 0.1) is 42.7 Å². The van der Waals surface area contributed by atoms with Gasteiger partial charge < -0.3 is 19.7 Å². The zero-order valence-corrected chi connectivity index (χ0v) is 19.4. The maximum atomic E-state index is 13.1. The SMILES string of the molecule is Cc1csc(=O)n1CC(=O)Nc1cc(S(=O)(=O)N2CCOCC2)ccc1N1CCOCC1. The molecule has 4 rings (SSSR count). The lowest BCUT2D eigenvalue weighted by Crippen LogP contribution is -2.40. The van der Waals surface area contributed by atoms with E-state index in [0.29, 0.717) is 50.9 Å². The van der Waals surface area contributed by atoms with Crippen molar-refractivity contribution < 1.29 is 22.7 Å². The van der Waals surface area contributed by atoms with Gasteiger partial charge in [0.15, 0.2) is 0 Å². The molecule has 174 valence electrons. The Morgan fingerprint density at radius 1 is 1.09 bits per heavy atom. The Morgan fingerprint density at radius 3 is 2.38 bits per heavy atom. The summed E-state index contributed by atoms with van der Waals surface area (Å²) in [5.74, 6) is -0.399. The Morgan fingerprint density at radius 2 is 1.75 bits per heavy atom. The first kappa shape index (κ1) is 22.9. The summed E-state index contributed by atoms with van der Waals surface area (Å²) in [6.07, 6.45) is 0. The molecule has 10 nitrogen and oxygen atoms in total. The summed E-state index contributed by atoms with van der Waals surface area (Å²) in [7, 11) is -3.73. The van der Waals surface area contributed by atoms with Gasteiger partial charge in [-0.15, -0.1) is 0 Å². The molecule has 1 N–H and O–H groups in total. The molecule has 32 heavy (non-hydrogen) atoms. The van der Waals surface area contributed by atoms with Crippen molar-refractivity contribution in [2.45, 2.75) is 18.4 Å². The van der Waals surface area contributed by atoms with Crippen molar-refractivity contribution in [2.75, 3.05) is 62.8 Å². The number of thiazole rings is 1. The van der Waals surface area contributed by atoms with Crippen molar-refractivity contribution in [3.8, 4) is 0 Å². The van der Waals surface area contributed by atoms with Crippen molar-refractivity contribution >= 4 is 38.6 Å². The molecule has 2 saturated heterocycles. The molecule has 3 heterocycles. The highest BCUT2D eigenvalue weighted by molar-refractivity contribution is 7.89. The number of nitrogens with one attached hydrogen (secondary N) is 1. The summed E-state index contributed by atoms with van der Waals surface area (Å²) in [4.78, 5) is 26.7. The monoisotopic (exact) mass is 482 g/mol. The number of nitrogens with zero attached hydrogens (tertiary/aromatic N) is 3. The molecule has 2 aliphatic heterocycles. The first-order valence-electron chi connectivity index (χ1n) is 10.4. The molecule has 0 aliphatic carbocycles. The van der Waals surface area contributed by atoms with Crippen LogP contribution in [0.25, 0.3) is 0 Å². The second kappa shape index (κ2) is 9.71. The van der Waals surface area contributed by atoms with Crippen molar-refractivity contribution in [1.82, 2.24) is 8.87 Å². The minimum absolute atomic E-state index is 0.107. The zero-order chi connectivity index (χ0) is 22.7. The lowest BCUT2D eigenvalue weighted by atomic mass is 10.2. The van der Waals surface area contributed by atoms with Crippen LogP contribution in [0.5, 0.6) is 0 Å². The Hall–Kier alpha value is -2.25. The number of aryl methyl sites for hydroxylation is 1. The fourth-order valence-corrected chi connectivity index (χ4v) is 5.89. The number of hydrogen-bond donors (Lipinski definition) is 1. The predicted molar refractivity (Wildman–Crippen MR) is 121 cm³/mol. The molecule has 0 spiro atoms. The van der Waals surface area contributed by atoms with E-state index in [0.717, 1.165) is 17.0 Å². The zero-order valence-electron chi connectivity index (χ0n) is 17.8. The summed E-state index contributed by atoms with van der Waals surface area (Å²) in [5, 5.41) is 4.53. The Labute approximate surface area is 190 Å². The number of anilines is 2. The molecule has 12 heteroatoms. The third-order valence-electron chi connectivity index (χ3n) is 5.48. The predicted octanol–water partition coefficient (Wildman–Crippen LogP) is 0.714. The number of rotatable bonds is 6. The van der Waals surface area contributed by atoms with E-state index < -0.39 is 15.9 Å². The normalized spacial score (nSPS) is 18.0. The number of carbonyl (C=O) groups excluding carboxylic acids is 1. The van der Waals surface area contributed by atoms with Gasteiger partial charge in [0.25, 0.3) is 0 Å². The first-order valence-corrected chi connectivity index (χ1v) is 12.7. The van der Waals surface area contributed by atoms with Crippen molar-refractivity contribution in [3.05, 3.63) is 38.9 Å². The molecule has 2 aliphatic rings. The van der Waals surface area contributed by atoms with E-state index in [1.165, 1.54) is 14.9 Å². The lowest BCUT2D eigenvalue weighted by molar-refractivity contribution is -0.116. The molecular weight excluding hydrogens is 456 g/mol. The van der Waals surface area contributed by atoms with Gasteiger partial charge >= 0.3 is 4.87 Å². The van der Waals surface area contributed by atoms with E-state index in [2.05, 4.69) is 5.32 Å². The van der Waals surface area contributed by atoms with Crippen LogP contribution in [0.3, 0.4) is 0 Å². The second-order valence-corrected chi connectivity index (χ2v) is 10.3. The van der Waals surface area contributed by atoms with Gasteiger partial charge in [0.2, 0.25) is 15.9 Å². The van der Waals surface area contributed by atoms with Crippen LogP contribution in [0.4, 0.5) is 11.4 Å². The lowest BCUT2D eigenvalue weighted by Gasteiger charge is -2.31. The molecule has 0 bridgehead atoms. The van der Waals surface area contributed by atoms with Gasteiger partial charge in [-0.05, 0) is 25.1 Å². The van der Waals surface area contributed by atoms with E-state index >= 15 is 0 Å². The largest absolute Gasteiger partial charge is 0.379 e. The van der Waals surface area contributed by atoms with E-state index in [1.54, 1.807) is 24.4 Å². The van der Waals surface area contributed by atoms with Gasteiger partial charge in [-0.25, -0.2) is 8.42 Å². The van der Waals surface area contributed by atoms with Crippen molar-refractivity contribution in [1.29, 1.82) is 0 Å². The van der Waals surface area contributed by atoms with E-state index in [4.69, 9.17) is 9.47 Å². The summed E-state index contributed by atoms with van der Waals surface area (Å²) in [6, 6.07) is 4.78. The maximum Gasteiger partial charge on any atom is 0.307 e. The number of benzene rings is 1. The topological polar surface area (TPSA) is 110 Å². The number of ether oxygens (including phenoxy) is 2. The van der Waals surface area contributed by atoms with Gasteiger partial charge in [0, 0.05) is 37.3 Å². The van der Waals surface area contributed by atoms with Crippen LogP contribution in [0.2, 0.25) is 0 Å². The Bertz CT molecular complexity index is 1130. The number of morpholine rings is 2. The van der Waals surface area contributed by atoms with Crippen LogP contribution in [-0.4, -0.2) is 75.8 Å². The average molecular weight is 483 g/mol. The van der Waals surface area contributed by atoms with Crippen LogP contribution in [-0.2, 0) is 30.8 Å². The van der Waals surface area contributed by atoms with Gasteiger partial charge in [-0.2, -0.15) is 4.31 Å². The van der Waals surface area contributed by atoms with E-state index in [1.807, 2.05) is 4.90 Å². The molecule has 0 saturated carbocycles. The third kappa shape index (κ3) is 4.89. The number of hydrogen-bond acceptors (Lipinski definition) is 8. The average Bonchev–Trinajstić information content (AvgIpc) is 3.12. The smallest absolute Gasteiger partial charge is 0.307 e. The second-order valence-electron chi connectivity index (χ2n) is 7.57. The molecule has 0 radical (unpaired) electrons. The molecule has 0 atom stereocenters. The minimum Gasteiger partial charge on any atom is -0.379 e. The van der Waals surface area contributed by atoms with Crippen LogP contribution in [0.1, 0.15) is 5.69 Å². The highest BCUT2D eigenvalue weighted by Crippen LogP contribution is 2.31. The summed E-state index contributed by atoms with van der Waals surface area (Å²) in [6.45, 7) is 5.24. The van der Waals surface area contributed by atoms with Crippen molar-refractivity contribution in [3.63, 3.8) is 0 Å².